The van der Waals surface area contributed by atoms with Gasteiger partial charge in [0.15, 0.2) is 0 Å². The number of nitrogens with zero attached hydrogens (tertiary/aromatic N) is 3. The number of fused-ring (bicyclic) bond motifs is 1. The van der Waals surface area contributed by atoms with Gasteiger partial charge in [0.25, 0.3) is 5.91 Å². The van der Waals surface area contributed by atoms with E-state index in [0.717, 1.165) is 37.1 Å². The average Bonchev–Trinajstić information content (AvgIpc) is 3.11. The first-order valence-electron chi connectivity index (χ1n) is 8.75. The number of aromatic nitrogens is 2. The Labute approximate surface area is 147 Å². The Morgan fingerprint density at radius 1 is 1.16 bits per heavy atom. The molecule has 1 unspecified atom stereocenters. The van der Waals surface area contributed by atoms with Crippen molar-refractivity contribution in [2.75, 3.05) is 13.1 Å². The Morgan fingerprint density at radius 3 is 2.88 bits per heavy atom. The summed E-state index contributed by atoms with van der Waals surface area (Å²) in [5.41, 5.74) is 3.97. The average molecular weight is 331 g/mol. The Morgan fingerprint density at radius 2 is 2.04 bits per heavy atom. The summed E-state index contributed by atoms with van der Waals surface area (Å²) in [7, 11) is 0. The van der Waals surface area contributed by atoms with Crippen molar-refractivity contribution in [3.05, 3.63) is 71.7 Å². The topological polar surface area (TPSA) is 46.1 Å². The maximum Gasteiger partial charge on any atom is 0.255 e. The SMILES string of the molecule is Cc1ccc(C(=O)N2CCC(Cc3ccnc4ccccc34)C2)cn1. The van der Waals surface area contributed by atoms with E-state index < -0.39 is 0 Å². The lowest BCUT2D eigenvalue weighted by atomic mass is 9.96. The number of carbonyl (C=O) groups excluding carboxylic acids is 1. The third kappa shape index (κ3) is 3.25. The van der Waals surface area contributed by atoms with E-state index in [0.29, 0.717) is 11.5 Å². The molecule has 25 heavy (non-hydrogen) atoms. The van der Waals surface area contributed by atoms with Crippen LogP contribution in [0.4, 0.5) is 0 Å². The smallest absolute Gasteiger partial charge is 0.255 e. The van der Waals surface area contributed by atoms with Crippen LogP contribution in [0.1, 0.15) is 28.0 Å². The summed E-state index contributed by atoms with van der Waals surface area (Å²) in [6.07, 6.45) is 5.59. The van der Waals surface area contributed by atoms with Gasteiger partial charge in [-0.1, -0.05) is 18.2 Å². The summed E-state index contributed by atoms with van der Waals surface area (Å²) >= 11 is 0. The molecule has 0 spiro atoms. The summed E-state index contributed by atoms with van der Waals surface area (Å²) in [6, 6.07) is 14.1. The highest BCUT2D eigenvalue weighted by molar-refractivity contribution is 5.94. The normalized spacial score (nSPS) is 17.2. The van der Waals surface area contributed by atoms with E-state index in [2.05, 4.69) is 28.2 Å². The van der Waals surface area contributed by atoms with Crippen molar-refractivity contribution in [2.24, 2.45) is 5.92 Å². The van der Waals surface area contributed by atoms with Gasteiger partial charge < -0.3 is 4.90 Å². The van der Waals surface area contributed by atoms with Gasteiger partial charge in [0.05, 0.1) is 11.1 Å². The lowest BCUT2D eigenvalue weighted by Gasteiger charge is -2.17. The van der Waals surface area contributed by atoms with Crippen LogP contribution in [0.5, 0.6) is 0 Å². The molecule has 0 saturated carbocycles. The van der Waals surface area contributed by atoms with Gasteiger partial charge in [0, 0.05) is 36.6 Å². The third-order valence-electron chi connectivity index (χ3n) is 4.98. The fourth-order valence-electron chi connectivity index (χ4n) is 3.60. The summed E-state index contributed by atoms with van der Waals surface area (Å²) in [5, 5.41) is 1.22. The van der Waals surface area contributed by atoms with Crippen LogP contribution in [0.2, 0.25) is 0 Å². The molecule has 1 saturated heterocycles. The largest absolute Gasteiger partial charge is 0.338 e. The van der Waals surface area contributed by atoms with Crippen LogP contribution in [0.25, 0.3) is 10.9 Å². The number of pyridine rings is 2. The van der Waals surface area contributed by atoms with Crippen LogP contribution in [0.15, 0.2) is 54.9 Å². The van der Waals surface area contributed by atoms with Crippen molar-refractivity contribution in [3.8, 4) is 0 Å². The molecule has 1 aromatic carbocycles. The van der Waals surface area contributed by atoms with E-state index >= 15 is 0 Å². The first-order chi connectivity index (χ1) is 12.2. The Balaban J connectivity index is 1.47. The van der Waals surface area contributed by atoms with Gasteiger partial charge in [0.1, 0.15) is 0 Å². The fourth-order valence-corrected chi connectivity index (χ4v) is 3.60. The highest BCUT2D eigenvalue weighted by atomic mass is 16.2. The lowest BCUT2D eigenvalue weighted by molar-refractivity contribution is 0.0786. The van der Waals surface area contributed by atoms with E-state index in [9.17, 15) is 4.79 Å². The molecule has 4 rings (SSSR count). The first-order valence-corrected chi connectivity index (χ1v) is 8.75. The number of hydrogen-bond donors (Lipinski definition) is 0. The molecule has 0 aliphatic carbocycles. The molecule has 126 valence electrons. The molecule has 1 atom stereocenters. The Kier molecular flexibility index (Phi) is 4.18. The molecule has 2 aromatic heterocycles. The standard InChI is InChI=1S/C21H21N3O/c1-15-6-7-18(13-23-15)21(25)24-11-9-16(14-24)12-17-8-10-22-20-5-3-2-4-19(17)20/h2-8,10,13,16H,9,11-12,14H2,1H3. The molecule has 3 heterocycles. The van der Waals surface area contributed by atoms with Crippen LogP contribution in [-0.2, 0) is 6.42 Å². The number of carbonyl (C=O) groups is 1. The Bertz CT molecular complexity index is 899. The van der Waals surface area contributed by atoms with Crippen molar-refractivity contribution in [2.45, 2.75) is 19.8 Å². The molecule has 0 N–H and O–H groups in total. The number of para-hydroxylation sites is 1. The predicted molar refractivity (Wildman–Crippen MR) is 98.4 cm³/mol. The number of hydrogen-bond acceptors (Lipinski definition) is 3. The fraction of sp³-hybridized carbons (Fsp3) is 0.286. The van der Waals surface area contributed by atoms with E-state index in [-0.39, 0.29) is 5.91 Å². The van der Waals surface area contributed by atoms with Crippen LogP contribution in [-0.4, -0.2) is 33.9 Å². The van der Waals surface area contributed by atoms with Gasteiger partial charge >= 0.3 is 0 Å². The minimum absolute atomic E-state index is 0.0922. The molecule has 1 fully saturated rings. The van der Waals surface area contributed by atoms with Crippen molar-refractivity contribution < 1.29 is 4.79 Å². The number of amides is 1. The molecule has 3 aromatic rings. The summed E-state index contributed by atoms with van der Waals surface area (Å²) in [6.45, 7) is 3.56. The van der Waals surface area contributed by atoms with E-state index in [1.54, 1.807) is 6.20 Å². The van der Waals surface area contributed by atoms with Gasteiger partial charge in [-0.2, -0.15) is 0 Å². The zero-order valence-corrected chi connectivity index (χ0v) is 14.4. The highest BCUT2D eigenvalue weighted by Gasteiger charge is 2.27. The monoisotopic (exact) mass is 331 g/mol. The van der Waals surface area contributed by atoms with Gasteiger partial charge in [-0.3, -0.25) is 14.8 Å². The second-order valence-electron chi connectivity index (χ2n) is 6.79. The molecule has 1 aliphatic heterocycles. The summed E-state index contributed by atoms with van der Waals surface area (Å²) in [4.78, 5) is 23.3. The van der Waals surface area contributed by atoms with Crippen LogP contribution < -0.4 is 0 Å². The van der Waals surface area contributed by atoms with Gasteiger partial charge in [-0.05, 0) is 55.5 Å². The predicted octanol–water partition coefficient (Wildman–Crippen LogP) is 3.64. The van der Waals surface area contributed by atoms with Crippen molar-refractivity contribution in [3.63, 3.8) is 0 Å². The van der Waals surface area contributed by atoms with Gasteiger partial charge in [-0.15, -0.1) is 0 Å². The zero-order valence-electron chi connectivity index (χ0n) is 14.4. The van der Waals surface area contributed by atoms with Crippen molar-refractivity contribution >= 4 is 16.8 Å². The molecule has 0 bridgehead atoms. The maximum atomic E-state index is 12.6. The molecular weight excluding hydrogens is 310 g/mol. The van der Waals surface area contributed by atoms with Gasteiger partial charge in [0.2, 0.25) is 0 Å². The highest BCUT2D eigenvalue weighted by Crippen LogP contribution is 2.25. The minimum atomic E-state index is 0.0922. The molecule has 4 nitrogen and oxygen atoms in total. The number of rotatable bonds is 3. The second kappa shape index (κ2) is 6.63. The van der Waals surface area contributed by atoms with Crippen LogP contribution in [0, 0.1) is 12.8 Å². The van der Waals surface area contributed by atoms with E-state index in [1.165, 1.54) is 10.9 Å². The number of aryl methyl sites for hydroxylation is 1. The Hall–Kier alpha value is -2.75. The zero-order chi connectivity index (χ0) is 17.2. The second-order valence-corrected chi connectivity index (χ2v) is 6.79. The van der Waals surface area contributed by atoms with Crippen molar-refractivity contribution in [1.29, 1.82) is 0 Å². The van der Waals surface area contributed by atoms with Crippen molar-refractivity contribution in [1.82, 2.24) is 14.9 Å². The molecule has 1 aliphatic rings. The molecule has 4 heteroatoms. The maximum absolute atomic E-state index is 12.6. The first kappa shape index (κ1) is 15.8. The molecule has 0 radical (unpaired) electrons. The summed E-state index contributed by atoms with van der Waals surface area (Å²) in [5.74, 6) is 0.586. The number of likely N-dealkylation sites (tertiary alicyclic amines) is 1. The van der Waals surface area contributed by atoms with Crippen LogP contribution >= 0.6 is 0 Å². The van der Waals surface area contributed by atoms with Gasteiger partial charge in [-0.25, -0.2) is 0 Å². The summed E-state index contributed by atoms with van der Waals surface area (Å²) < 4.78 is 0. The number of benzene rings is 1. The molecular formula is C21H21N3O. The molecule has 1 amide bonds. The quantitative estimate of drug-likeness (QED) is 0.736. The third-order valence-corrected chi connectivity index (χ3v) is 4.98. The lowest BCUT2D eigenvalue weighted by Crippen LogP contribution is -2.29. The minimum Gasteiger partial charge on any atom is -0.338 e. The van der Waals surface area contributed by atoms with E-state index in [4.69, 9.17) is 0 Å². The van der Waals surface area contributed by atoms with Crippen LogP contribution in [0.3, 0.4) is 0 Å². The van der Waals surface area contributed by atoms with E-state index in [1.807, 2.05) is 42.3 Å².